The Kier molecular flexibility index (Phi) is 4.18. The van der Waals surface area contributed by atoms with Gasteiger partial charge in [-0.05, 0) is 12.8 Å². The monoisotopic (exact) mass is 247 g/mol. The summed E-state index contributed by atoms with van der Waals surface area (Å²) in [7, 11) is -3.05. The highest BCUT2D eigenvalue weighted by Crippen LogP contribution is 2.18. The molecule has 2 N–H and O–H groups in total. The van der Waals surface area contributed by atoms with Crippen molar-refractivity contribution in [2.24, 2.45) is 0 Å². The molecule has 0 radical (unpaired) electrons. The van der Waals surface area contributed by atoms with Crippen LogP contribution in [0.15, 0.2) is 0 Å². The van der Waals surface area contributed by atoms with Crippen LogP contribution in [0.2, 0.25) is 0 Å². The summed E-state index contributed by atoms with van der Waals surface area (Å²) < 4.78 is 26.2. The van der Waals surface area contributed by atoms with Crippen LogP contribution in [-0.2, 0) is 10.0 Å². The zero-order valence-corrected chi connectivity index (χ0v) is 10.4. The van der Waals surface area contributed by atoms with Gasteiger partial charge in [0.05, 0.1) is 5.75 Å². The fourth-order valence-corrected chi connectivity index (χ4v) is 3.38. The van der Waals surface area contributed by atoms with E-state index < -0.39 is 10.0 Å². The first-order valence-electron chi connectivity index (χ1n) is 6.09. The lowest BCUT2D eigenvalue weighted by molar-refractivity contribution is 0.253. The average Bonchev–Trinajstić information content (AvgIpc) is 2.23. The predicted octanol–water partition coefficient (Wildman–Crippen LogP) is -0.636. The Morgan fingerprint density at radius 1 is 1.25 bits per heavy atom. The molecule has 1 aliphatic heterocycles. The molecule has 0 aromatic carbocycles. The van der Waals surface area contributed by atoms with Gasteiger partial charge in [0.2, 0.25) is 10.0 Å². The van der Waals surface area contributed by atoms with E-state index in [9.17, 15) is 8.42 Å². The first kappa shape index (κ1) is 12.3. The smallest absolute Gasteiger partial charge is 0.213 e. The number of hydrogen-bond donors (Lipinski definition) is 2. The first-order chi connectivity index (χ1) is 7.66. The molecule has 1 aliphatic carbocycles. The van der Waals surface area contributed by atoms with E-state index in [0.29, 0.717) is 6.54 Å². The molecule has 16 heavy (non-hydrogen) atoms. The molecule has 5 nitrogen and oxygen atoms in total. The topological polar surface area (TPSA) is 61.4 Å². The number of hydrogen-bond acceptors (Lipinski definition) is 4. The zero-order chi connectivity index (χ0) is 11.4. The maximum atomic E-state index is 11.7. The molecular weight excluding hydrogens is 226 g/mol. The first-order valence-corrected chi connectivity index (χ1v) is 7.74. The van der Waals surface area contributed by atoms with Crippen LogP contribution in [0.25, 0.3) is 0 Å². The summed E-state index contributed by atoms with van der Waals surface area (Å²) >= 11 is 0. The van der Waals surface area contributed by atoms with Gasteiger partial charge in [-0.25, -0.2) is 13.1 Å². The van der Waals surface area contributed by atoms with Crippen molar-refractivity contribution in [1.29, 1.82) is 0 Å². The molecule has 1 heterocycles. The largest absolute Gasteiger partial charge is 0.314 e. The third kappa shape index (κ3) is 3.69. The highest BCUT2D eigenvalue weighted by atomic mass is 32.2. The number of nitrogens with one attached hydrogen (secondary N) is 2. The number of rotatable bonds is 5. The minimum atomic E-state index is -3.05. The molecule has 0 amide bonds. The van der Waals surface area contributed by atoms with E-state index in [-0.39, 0.29) is 11.8 Å². The van der Waals surface area contributed by atoms with Crippen molar-refractivity contribution in [2.45, 2.75) is 25.3 Å². The van der Waals surface area contributed by atoms with Crippen LogP contribution < -0.4 is 10.0 Å². The third-order valence-corrected chi connectivity index (χ3v) is 4.75. The van der Waals surface area contributed by atoms with Crippen LogP contribution in [0.5, 0.6) is 0 Å². The van der Waals surface area contributed by atoms with Gasteiger partial charge in [0.1, 0.15) is 0 Å². The van der Waals surface area contributed by atoms with E-state index in [0.717, 1.165) is 45.4 Å². The fourth-order valence-electron chi connectivity index (χ4n) is 2.02. The molecule has 0 bridgehead atoms. The van der Waals surface area contributed by atoms with Crippen molar-refractivity contribution in [2.75, 3.05) is 38.5 Å². The van der Waals surface area contributed by atoms with Crippen molar-refractivity contribution in [1.82, 2.24) is 14.9 Å². The lowest BCUT2D eigenvalue weighted by Gasteiger charge is -2.29. The summed E-state index contributed by atoms with van der Waals surface area (Å²) in [5.41, 5.74) is 0. The molecule has 0 spiro atoms. The van der Waals surface area contributed by atoms with Crippen LogP contribution in [0.1, 0.15) is 19.3 Å². The van der Waals surface area contributed by atoms with Crippen LogP contribution in [0.3, 0.4) is 0 Å². The molecule has 0 aromatic rings. The molecular formula is C10H21N3O2S. The Hall–Kier alpha value is -0.170. The Morgan fingerprint density at radius 2 is 1.94 bits per heavy atom. The van der Waals surface area contributed by atoms with E-state index >= 15 is 0 Å². The molecule has 2 rings (SSSR count). The van der Waals surface area contributed by atoms with Gasteiger partial charge in [-0.1, -0.05) is 6.42 Å². The van der Waals surface area contributed by atoms with Crippen LogP contribution >= 0.6 is 0 Å². The number of nitrogens with zero attached hydrogens (tertiary/aromatic N) is 1. The van der Waals surface area contributed by atoms with E-state index in [1.54, 1.807) is 0 Å². The van der Waals surface area contributed by atoms with Gasteiger partial charge >= 0.3 is 0 Å². The van der Waals surface area contributed by atoms with E-state index in [2.05, 4.69) is 14.9 Å². The van der Waals surface area contributed by atoms with Crippen LogP contribution in [-0.4, -0.2) is 57.8 Å². The van der Waals surface area contributed by atoms with Gasteiger partial charge in [-0.2, -0.15) is 0 Å². The van der Waals surface area contributed by atoms with Gasteiger partial charge in [0.25, 0.3) is 0 Å². The highest BCUT2D eigenvalue weighted by molar-refractivity contribution is 7.89. The molecule has 0 aromatic heterocycles. The molecule has 0 atom stereocenters. The molecule has 0 unspecified atom stereocenters. The maximum absolute atomic E-state index is 11.7. The third-order valence-electron chi connectivity index (χ3n) is 3.34. The summed E-state index contributed by atoms with van der Waals surface area (Å²) in [5, 5.41) is 3.26. The SMILES string of the molecule is O=S(=O)(CCN1CCNCC1)NC1CCC1. The molecule has 2 aliphatic rings. The molecule has 6 heteroatoms. The summed E-state index contributed by atoms with van der Waals surface area (Å²) in [4.78, 5) is 2.20. The second kappa shape index (κ2) is 5.44. The summed E-state index contributed by atoms with van der Waals surface area (Å²) in [5.74, 6) is 0.240. The minimum absolute atomic E-state index is 0.216. The predicted molar refractivity (Wildman–Crippen MR) is 63.9 cm³/mol. The molecule has 94 valence electrons. The summed E-state index contributed by atoms with van der Waals surface area (Å²) in [6, 6.07) is 0.216. The molecule has 2 fully saturated rings. The molecule has 1 saturated heterocycles. The van der Waals surface area contributed by atoms with Gasteiger partial charge in [0.15, 0.2) is 0 Å². The lowest BCUT2D eigenvalue weighted by atomic mass is 9.94. The van der Waals surface area contributed by atoms with E-state index in [1.807, 2.05) is 0 Å². The Bertz CT molecular complexity index is 308. The minimum Gasteiger partial charge on any atom is -0.314 e. The molecule has 1 saturated carbocycles. The van der Waals surface area contributed by atoms with E-state index in [4.69, 9.17) is 0 Å². The summed E-state index contributed by atoms with van der Waals surface area (Å²) in [6.07, 6.45) is 3.17. The maximum Gasteiger partial charge on any atom is 0.213 e. The van der Waals surface area contributed by atoms with Crippen molar-refractivity contribution in [3.05, 3.63) is 0 Å². The fraction of sp³-hybridized carbons (Fsp3) is 1.00. The number of sulfonamides is 1. The normalized spacial score (nSPS) is 24.2. The van der Waals surface area contributed by atoms with Gasteiger partial charge in [0, 0.05) is 38.8 Å². The second-order valence-electron chi connectivity index (χ2n) is 4.66. The van der Waals surface area contributed by atoms with Crippen molar-refractivity contribution >= 4 is 10.0 Å². The zero-order valence-electron chi connectivity index (χ0n) is 9.61. The Balaban J connectivity index is 1.70. The van der Waals surface area contributed by atoms with Gasteiger partial charge in [-0.15, -0.1) is 0 Å². The quantitative estimate of drug-likeness (QED) is 0.679. The highest BCUT2D eigenvalue weighted by Gasteiger charge is 2.23. The Morgan fingerprint density at radius 3 is 2.50 bits per heavy atom. The standard InChI is InChI=1S/C10H21N3O2S/c14-16(15,12-10-2-1-3-10)9-8-13-6-4-11-5-7-13/h10-12H,1-9H2. The number of piperazine rings is 1. The van der Waals surface area contributed by atoms with Crippen molar-refractivity contribution < 1.29 is 8.42 Å². The van der Waals surface area contributed by atoms with Gasteiger partial charge < -0.3 is 5.32 Å². The average molecular weight is 247 g/mol. The van der Waals surface area contributed by atoms with Crippen LogP contribution in [0, 0.1) is 0 Å². The lowest BCUT2D eigenvalue weighted by Crippen LogP contribution is -2.47. The van der Waals surface area contributed by atoms with Gasteiger partial charge in [-0.3, -0.25) is 4.90 Å². The summed E-state index contributed by atoms with van der Waals surface area (Å²) in [6.45, 7) is 4.51. The van der Waals surface area contributed by atoms with Crippen LogP contribution in [0.4, 0.5) is 0 Å². The van der Waals surface area contributed by atoms with E-state index in [1.165, 1.54) is 0 Å². The van der Waals surface area contributed by atoms with Crippen molar-refractivity contribution in [3.8, 4) is 0 Å². The second-order valence-corrected chi connectivity index (χ2v) is 6.53. The van der Waals surface area contributed by atoms with Crippen molar-refractivity contribution in [3.63, 3.8) is 0 Å². The Labute approximate surface area is 97.6 Å².